The van der Waals surface area contributed by atoms with E-state index in [1.807, 2.05) is 25.1 Å². The molecule has 5 N–H and O–H groups in total. The molecule has 11 heteroatoms. The van der Waals surface area contributed by atoms with Crippen LogP contribution in [0.15, 0.2) is 42.5 Å². The number of aliphatic carboxylic acids is 1. The van der Waals surface area contributed by atoms with Crippen LogP contribution in [0.4, 0.5) is 4.39 Å². The van der Waals surface area contributed by atoms with Gasteiger partial charge in [-0.2, -0.15) is 0 Å². The molecule has 0 bridgehead atoms. The third kappa shape index (κ3) is 9.29. The van der Waals surface area contributed by atoms with E-state index in [1.165, 1.54) is 11.6 Å². The lowest BCUT2D eigenvalue weighted by atomic mass is 9.87. The fourth-order valence-corrected chi connectivity index (χ4v) is 6.58. The number of para-hydroxylation sites is 1. The van der Waals surface area contributed by atoms with E-state index < -0.39 is 42.5 Å². The molecule has 0 amide bonds. The highest BCUT2D eigenvalue weighted by Crippen LogP contribution is 2.46. The van der Waals surface area contributed by atoms with Crippen molar-refractivity contribution in [1.82, 2.24) is 9.88 Å². The van der Waals surface area contributed by atoms with Gasteiger partial charge >= 0.3 is 0 Å². The summed E-state index contributed by atoms with van der Waals surface area (Å²) < 4.78 is 14.9. The first-order valence-electron chi connectivity index (χ1n) is 15.2. The monoisotopic (exact) mass is 665 g/mol. The van der Waals surface area contributed by atoms with Gasteiger partial charge in [-0.3, -0.25) is 4.90 Å². The lowest BCUT2D eigenvalue weighted by Crippen LogP contribution is -2.48. The number of carbonyl (C=O) groups excluding carboxylic acids is 1. The zero-order valence-corrected chi connectivity index (χ0v) is 27.8. The first-order valence-corrected chi connectivity index (χ1v) is 15.9. The van der Waals surface area contributed by atoms with Gasteiger partial charge < -0.3 is 35.3 Å². The predicted octanol–water partition coefficient (Wildman–Crippen LogP) is 4.82. The number of hydrogen-bond donors (Lipinski definition) is 5. The minimum Gasteiger partial charge on any atom is -0.545 e. The van der Waals surface area contributed by atoms with Crippen LogP contribution in [0.1, 0.15) is 75.9 Å². The predicted molar refractivity (Wildman–Crippen MR) is 175 cm³/mol. The largest absolute Gasteiger partial charge is 0.545 e. The molecule has 3 aromatic rings. The van der Waals surface area contributed by atoms with Crippen LogP contribution in [0.2, 0.25) is 10.0 Å². The smallest absolute Gasteiger partial charge is 0.118 e. The van der Waals surface area contributed by atoms with E-state index in [0.29, 0.717) is 27.6 Å². The fourth-order valence-electron chi connectivity index (χ4n) is 5.87. The minimum absolute atomic E-state index is 0.0477. The average Bonchev–Trinajstić information content (AvgIpc) is 3.33. The van der Waals surface area contributed by atoms with E-state index >= 15 is 0 Å². The van der Waals surface area contributed by atoms with Crippen LogP contribution in [0.5, 0.6) is 0 Å². The third-order valence-corrected chi connectivity index (χ3v) is 8.80. The summed E-state index contributed by atoms with van der Waals surface area (Å²) in [7, 11) is 0. The molecule has 2 aromatic carbocycles. The Labute approximate surface area is 274 Å². The number of halogens is 3. The van der Waals surface area contributed by atoms with Gasteiger partial charge in [0.05, 0.1) is 30.8 Å². The highest BCUT2D eigenvalue weighted by molar-refractivity contribution is 6.36. The third-order valence-electron chi connectivity index (χ3n) is 8.17. The summed E-state index contributed by atoms with van der Waals surface area (Å²) in [6.45, 7) is 8.52. The molecule has 1 aromatic heterocycles. The topological polar surface area (TPSA) is 140 Å². The molecule has 0 saturated carbocycles. The van der Waals surface area contributed by atoms with E-state index in [9.17, 15) is 24.5 Å². The molecule has 1 aliphatic rings. The van der Waals surface area contributed by atoms with Crippen molar-refractivity contribution in [2.45, 2.75) is 89.9 Å². The Kier molecular flexibility index (Phi) is 13.0. The zero-order chi connectivity index (χ0) is 33.6. The molecule has 6 atom stereocenters. The number of aliphatic hydroxyl groups is 4. The van der Waals surface area contributed by atoms with Gasteiger partial charge in [-0.15, -0.1) is 0 Å². The summed E-state index contributed by atoms with van der Waals surface area (Å²) in [5.74, 6) is -1.72. The number of aliphatic hydroxyl groups excluding tert-OH is 4. The maximum atomic E-state index is 14.9. The molecular weight excluding hydrogens is 622 g/mol. The molecule has 0 unspecified atom stereocenters. The van der Waals surface area contributed by atoms with Crippen LogP contribution in [-0.2, 0) is 11.2 Å². The van der Waals surface area contributed by atoms with Gasteiger partial charge in [0.2, 0.25) is 0 Å². The number of fused-ring (bicyclic) bond motifs is 3. The minimum atomic E-state index is -1.42. The van der Waals surface area contributed by atoms with Crippen LogP contribution >= 0.6 is 23.2 Å². The van der Waals surface area contributed by atoms with Crippen molar-refractivity contribution >= 4 is 46.2 Å². The summed E-state index contributed by atoms with van der Waals surface area (Å²) >= 11 is 13.4. The quantitative estimate of drug-likeness (QED) is 0.185. The van der Waals surface area contributed by atoms with Crippen molar-refractivity contribution in [3.63, 3.8) is 0 Å². The molecule has 0 spiro atoms. The van der Waals surface area contributed by atoms with E-state index in [1.54, 1.807) is 32.9 Å². The lowest BCUT2D eigenvalue weighted by Gasteiger charge is -2.43. The molecule has 45 heavy (non-hydrogen) atoms. The number of hydrogen-bond acceptors (Lipinski definition) is 7. The Hall–Kier alpha value is -2.50. The van der Waals surface area contributed by atoms with Crippen LogP contribution in [0.3, 0.4) is 0 Å². The fraction of sp³-hybridized carbons (Fsp3) is 0.500. The number of nitrogens with zero attached hydrogens (tertiary/aromatic N) is 1. The Morgan fingerprint density at radius 2 is 1.80 bits per heavy atom. The molecule has 0 radical (unpaired) electrons. The summed E-state index contributed by atoms with van der Waals surface area (Å²) in [6, 6.07) is 11.1. The Morgan fingerprint density at radius 1 is 1.18 bits per heavy atom. The van der Waals surface area contributed by atoms with Crippen molar-refractivity contribution in [1.29, 1.82) is 0 Å². The van der Waals surface area contributed by atoms with Gasteiger partial charge in [-0.05, 0) is 69.0 Å². The molecule has 2 heterocycles. The number of alkyl halides is 1. The number of nitrogens with one attached hydrogen (secondary N) is 1. The van der Waals surface area contributed by atoms with Crippen molar-refractivity contribution in [3.05, 3.63) is 74.9 Å². The Bertz CT molecular complexity index is 1450. The molecule has 0 aliphatic carbocycles. The molecule has 4 rings (SSSR count). The molecular formula is C34H44Cl2FN2O6-. The SMILES string of the molecule is CCC[C@H](O)[C@@H](C)[C@H](O)[C@H](O)CO.C[C@@H]1Cc2c([nH]c3ccccc23)[C@@H](c2c(Cl)cc(/C=C/C(=O)[O-])cc2Cl)N1CC(C)(C)F. The molecule has 8 nitrogen and oxygen atoms in total. The van der Waals surface area contributed by atoms with Crippen LogP contribution < -0.4 is 5.11 Å². The normalized spacial score (nSPS) is 19.9. The second-order valence-electron chi connectivity index (χ2n) is 12.4. The number of aromatic nitrogens is 1. The van der Waals surface area contributed by atoms with Crippen molar-refractivity contribution in [2.24, 2.45) is 5.92 Å². The molecule has 0 fully saturated rings. The van der Waals surface area contributed by atoms with Crippen molar-refractivity contribution in [2.75, 3.05) is 13.2 Å². The summed E-state index contributed by atoms with van der Waals surface area (Å²) in [4.78, 5) is 16.4. The average molecular weight is 667 g/mol. The zero-order valence-electron chi connectivity index (χ0n) is 26.3. The van der Waals surface area contributed by atoms with Crippen LogP contribution in [0.25, 0.3) is 17.0 Å². The summed E-state index contributed by atoms with van der Waals surface area (Å²) in [5.41, 5.74) is 2.94. The van der Waals surface area contributed by atoms with Crippen LogP contribution in [0, 0.1) is 5.92 Å². The van der Waals surface area contributed by atoms with Gasteiger partial charge in [0.1, 0.15) is 11.8 Å². The first-order chi connectivity index (χ1) is 21.1. The number of benzene rings is 2. The Balaban J connectivity index is 0.000000360. The lowest BCUT2D eigenvalue weighted by molar-refractivity contribution is -0.297. The van der Waals surface area contributed by atoms with Crippen molar-refractivity contribution < 1.29 is 34.7 Å². The molecule has 1 aliphatic heterocycles. The number of carboxylic acids is 1. The highest BCUT2D eigenvalue weighted by Gasteiger charge is 2.40. The van der Waals surface area contributed by atoms with Gasteiger partial charge in [0, 0.05) is 50.7 Å². The maximum Gasteiger partial charge on any atom is 0.118 e. The number of carbonyl (C=O) groups is 1. The van der Waals surface area contributed by atoms with E-state index in [2.05, 4.69) is 22.9 Å². The summed E-state index contributed by atoms with van der Waals surface area (Å²) in [5, 5.41) is 49.3. The highest BCUT2D eigenvalue weighted by atomic mass is 35.5. The number of carboxylic acid groups (broad SMARTS) is 1. The van der Waals surface area contributed by atoms with Gasteiger partial charge in [0.25, 0.3) is 0 Å². The standard InChI is InChI=1S/C25H25Cl2FN2O2.C9H20O4/c1-14-10-17-16-6-4-5-7-20(16)29-23(17)24(30(14)13-25(2,3)28)22-18(26)11-15(12-19(22)27)8-9-21(31)32;1-3-4-7(11)6(2)9(13)8(12)5-10/h4-9,11-12,14,24,29H,10,13H2,1-3H3,(H,31,32);6-13H,3-5H2,1-2H3/p-1/b9-8+;/t14-,24-;6-,7+,8-,9+/m11/s1. The second-order valence-corrected chi connectivity index (χ2v) is 13.2. The van der Waals surface area contributed by atoms with Gasteiger partial charge in [-0.1, -0.05) is 67.7 Å². The first kappa shape index (κ1) is 37.0. The van der Waals surface area contributed by atoms with Gasteiger partial charge in [-0.25, -0.2) is 4.39 Å². The number of aromatic amines is 1. The Morgan fingerprint density at radius 3 is 2.36 bits per heavy atom. The van der Waals surface area contributed by atoms with Crippen LogP contribution in [-0.4, -0.2) is 79.5 Å². The molecule has 248 valence electrons. The number of H-pyrrole nitrogens is 1. The van der Waals surface area contributed by atoms with E-state index in [4.69, 9.17) is 33.4 Å². The van der Waals surface area contributed by atoms with E-state index in [-0.39, 0.29) is 18.6 Å². The van der Waals surface area contributed by atoms with E-state index in [0.717, 1.165) is 35.5 Å². The maximum absolute atomic E-state index is 14.9. The van der Waals surface area contributed by atoms with Gasteiger partial charge in [0.15, 0.2) is 0 Å². The number of rotatable bonds is 11. The summed E-state index contributed by atoms with van der Waals surface area (Å²) in [6.07, 6.45) is 1.65. The second kappa shape index (κ2) is 15.9. The van der Waals surface area contributed by atoms with Crippen molar-refractivity contribution in [3.8, 4) is 0 Å². The molecule has 0 saturated heterocycles.